The first-order valence-corrected chi connectivity index (χ1v) is 9.47. The van der Waals surface area contributed by atoms with E-state index >= 15 is 0 Å². The highest BCUT2D eigenvalue weighted by Gasteiger charge is 2.40. The first kappa shape index (κ1) is 17.7. The third-order valence-electron chi connectivity index (χ3n) is 4.16. The van der Waals surface area contributed by atoms with Crippen molar-refractivity contribution in [1.82, 2.24) is 0 Å². The van der Waals surface area contributed by atoms with Crippen LogP contribution in [0.15, 0.2) is 45.8 Å². The smallest absolute Gasteiger partial charge is 0.297 e. The van der Waals surface area contributed by atoms with Gasteiger partial charge in [-0.3, -0.25) is 4.18 Å². The van der Waals surface area contributed by atoms with Crippen LogP contribution in [0.4, 0.5) is 0 Å². The third-order valence-corrected chi connectivity index (χ3v) is 5.97. The molecule has 1 aromatic rings. The number of hydrogen-bond acceptors (Lipinski definition) is 4. The van der Waals surface area contributed by atoms with Crippen molar-refractivity contribution in [2.24, 2.45) is 5.92 Å². The highest BCUT2D eigenvalue weighted by Crippen LogP contribution is 2.38. The predicted octanol–water partition coefficient (Wildman–Crippen LogP) is 3.65. The second-order valence-electron chi connectivity index (χ2n) is 5.92. The topological polar surface area (TPSA) is 63.6 Å². The van der Waals surface area contributed by atoms with E-state index in [-0.39, 0.29) is 17.4 Å². The van der Waals surface area contributed by atoms with E-state index in [9.17, 15) is 13.5 Å². The quantitative estimate of drug-likeness (QED) is 0.617. The van der Waals surface area contributed by atoms with Crippen LogP contribution >= 0.6 is 15.9 Å². The predicted molar refractivity (Wildman–Crippen MR) is 89.0 cm³/mol. The second-order valence-corrected chi connectivity index (χ2v) is 8.45. The summed E-state index contributed by atoms with van der Waals surface area (Å²) in [5.41, 5.74) is -0.293. The van der Waals surface area contributed by atoms with Crippen molar-refractivity contribution >= 4 is 26.0 Å². The fraction of sp³-hybridized carbons (Fsp3) is 0.500. The summed E-state index contributed by atoms with van der Waals surface area (Å²) >= 11 is 3.26. The lowest BCUT2D eigenvalue weighted by atomic mass is 9.73. The standard InChI is InChI=1S/C16H21BrO4S/c1-12(2)15-5-3-4-10-16(15,18)11-21-22(19,20)14-8-6-13(17)7-9-14/h6-9,15,18H,1,3-5,10-11H2,2H3. The molecule has 0 aromatic heterocycles. The van der Waals surface area contributed by atoms with Gasteiger partial charge in [-0.25, -0.2) is 0 Å². The van der Waals surface area contributed by atoms with Crippen LogP contribution in [0.25, 0.3) is 0 Å². The van der Waals surface area contributed by atoms with Gasteiger partial charge in [0.15, 0.2) is 0 Å². The number of benzene rings is 1. The molecule has 1 aliphatic rings. The molecule has 0 spiro atoms. The maximum absolute atomic E-state index is 12.2. The van der Waals surface area contributed by atoms with E-state index in [0.29, 0.717) is 6.42 Å². The molecule has 4 nitrogen and oxygen atoms in total. The van der Waals surface area contributed by atoms with E-state index in [4.69, 9.17) is 4.18 Å². The fourth-order valence-corrected chi connectivity index (χ4v) is 4.18. The molecule has 1 aromatic carbocycles. The van der Waals surface area contributed by atoms with Gasteiger partial charge < -0.3 is 5.11 Å². The molecule has 0 aliphatic heterocycles. The van der Waals surface area contributed by atoms with Crippen LogP contribution in [-0.2, 0) is 14.3 Å². The number of hydrogen-bond donors (Lipinski definition) is 1. The van der Waals surface area contributed by atoms with Crippen LogP contribution in [0.2, 0.25) is 0 Å². The number of halogens is 1. The summed E-state index contributed by atoms with van der Waals surface area (Å²) in [4.78, 5) is 0.0852. The summed E-state index contributed by atoms with van der Waals surface area (Å²) in [5.74, 6) is -0.124. The molecule has 122 valence electrons. The monoisotopic (exact) mass is 388 g/mol. The van der Waals surface area contributed by atoms with Crippen molar-refractivity contribution in [1.29, 1.82) is 0 Å². The Balaban J connectivity index is 2.13. The summed E-state index contributed by atoms with van der Waals surface area (Å²) in [6, 6.07) is 6.23. The van der Waals surface area contributed by atoms with E-state index in [2.05, 4.69) is 22.5 Å². The van der Waals surface area contributed by atoms with Gasteiger partial charge in [0.1, 0.15) is 0 Å². The van der Waals surface area contributed by atoms with E-state index in [1.54, 1.807) is 12.1 Å². The van der Waals surface area contributed by atoms with Gasteiger partial charge in [-0.2, -0.15) is 8.42 Å². The molecule has 0 amide bonds. The lowest BCUT2D eigenvalue weighted by Crippen LogP contribution is -2.45. The molecule has 6 heteroatoms. The Bertz CT molecular complexity index is 639. The van der Waals surface area contributed by atoms with Crippen molar-refractivity contribution < 1.29 is 17.7 Å². The lowest BCUT2D eigenvalue weighted by Gasteiger charge is -2.39. The molecule has 1 N–H and O–H groups in total. The normalized spacial score (nSPS) is 25.9. The Morgan fingerprint density at radius 2 is 2.05 bits per heavy atom. The Kier molecular flexibility index (Phi) is 5.48. The van der Waals surface area contributed by atoms with Crippen molar-refractivity contribution in [3.63, 3.8) is 0 Å². The average Bonchev–Trinajstić information content (AvgIpc) is 2.46. The zero-order chi connectivity index (χ0) is 16.4. The van der Waals surface area contributed by atoms with E-state index in [0.717, 1.165) is 29.3 Å². The van der Waals surface area contributed by atoms with E-state index in [1.165, 1.54) is 12.1 Å². The zero-order valence-corrected chi connectivity index (χ0v) is 15.0. The van der Waals surface area contributed by atoms with Gasteiger partial charge in [-0.15, -0.1) is 0 Å². The SMILES string of the molecule is C=C(C)C1CCCCC1(O)COS(=O)(=O)c1ccc(Br)cc1. The molecule has 1 aliphatic carbocycles. The second kappa shape index (κ2) is 6.83. The molecule has 2 unspecified atom stereocenters. The van der Waals surface area contributed by atoms with E-state index < -0.39 is 15.7 Å². The highest BCUT2D eigenvalue weighted by atomic mass is 79.9. The zero-order valence-electron chi connectivity index (χ0n) is 12.6. The number of aliphatic hydroxyl groups is 1. The summed E-state index contributed by atoms with van der Waals surface area (Å²) < 4.78 is 30.4. The first-order chi connectivity index (χ1) is 10.2. The van der Waals surface area contributed by atoms with Crippen LogP contribution in [0.5, 0.6) is 0 Å². The minimum Gasteiger partial charge on any atom is -0.387 e. The largest absolute Gasteiger partial charge is 0.387 e. The first-order valence-electron chi connectivity index (χ1n) is 7.27. The molecule has 0 heterocycles. The Hall–Kier alpha value is -0.690. The van der Waals surface area contributed by atoms with Gasteiger partial charge in [-0.05, 0) is 44.0 Å². The van der Waals surface area contributed by atoms with E-state index in [1.807, 2.05) is 6.92 Å². The Labute approximate surface area is 140 Å². The molecule has 2 atom stereocenters. The maximum Gasteiger partial charge on any atom is 0.297 e. The molecule has 0 bridgehead atoms. The maximum atomic E-state index is 12.2. The van der Waals surface area contributed by atoms with Crippen LogP contribution in [0.3, 0.4) is 0 Å². The highest BCUT2D eigenvalue weighted by molar-refractivity contribution is 9.10. The van der Waals surface area contributed by atoms with Gasteiger partial charge in [0.2, 0.25) is 0 Å². The van der Waals surface area contributed by atoms with Gasteiger partial charge >= 0.3 is 0 Å². The average molecular weight is 389 g/mol. The molecule has 22 heavy (non-hydrogen) atoms. The summed E-state index contributed by atoms with van der Waals surface area (Å²) in [5, 5.41) is 10.8. The van der Waals surface area contributed by atoms with Crippen molar-refractivity contribution in [3.8, 4) is 0 Å². The molecular weight excluding hydrogens is 368 g/mol. The molecule has 1 saturated carbocycles. The Morgan fingerprint density at radius 3 is 2.64 bits per heavy atom. The molecule has 2 rings (SSSR count). The molecule has 0 radical (unpaired) electrons. The summed E-state index contributed by atoms with van der Waals surface area (Å²) in [6.07, 6.45) is 3.22. The van der Waals surface area contributed by atoms with Gasteiger partial charge in [-0.1, -0.05) is 40.9 Å². The van der Waals surface area contributed by atoms with Gasteiger partial charge in [0.05, 0.1) is 17.1 Å². The number of rotatable bonds is 5. The van der Waals surface area contributed by atoms with Crippen LogP contribution in [0.1, 0.15) is 32.6 Å². The van der Waals surface area contributed by atoms with Crippen molar-refractivity contribution in [2.45, 2.75) is 43.1 Å². The summed E-state index contributed by atoms with van der Waals surface area (Å²) in [6.45, 7) is 5.55. The van der Waals surface area contributed by atoms with Crippen LogP contribution in [-0.4, -0.2) is 25.7 Å². The van der Waals surface area contributed by atoms with Crippen LogP contribution < -0.4 is 0 Å². The molecular formula is C16H21BrO4S. The molecule has 1 fully saturated rings. The van der Waals surface area contributed by atoms with Crippen LogP contribution in [0, 0.1) is 5.92 Å². The van der Waals surface area contributed by atoms with Crippen molar-refractivity contribution in [2.75, 3.05) is 6.61 Å². The van der Waals surface area contributed by atoms with Gasteiger partial charge in [0.25, 0.3) is 10.1 Å². The summed E-state index contributed by atoms with van der Waals surface area (Å²) in [7, 11) is -3.87. The Morgan fingerprint density at radius 1 is 1.41 bits per heavy atom. The van der Waals surface area contributed by atoms with Crippen molar-refractivity contribution in [3.05, 3.63) is 40.9 Å². The lowest BCUT2D eigenvalue weighted by molar-refractivity contribution is -0.0648. The third kappa shape index (κ3) is 3.98. The van der Waals surface area contributed by atoms with Gasteiger partial charge in [0, 0.05) is 10.4 Å². The molecule has 0 saturated heterocycles. The minimum atomic E-state index is -3.87. The fourth-order valence-electron chi connectivity index (χ4n) is 2.95. The minimum absolute atomic E-state index is 0.0852.